The summed E-state index contributed by atoms with van der Waals surface area (Å²) >= 11 is 0. The predicted molar refractivity (Wildman–Crippen MR) is 60.6 cm³/mol. The summed E-state index contributed by atoms with van der Waals surface area (Å²) in [6, 6.07) is 5.20. The van der Waals surface area contributed by atoms with Crippen molar-refractivity contribution in [3.8, 4) is 0 Å². The van der Waals surface area contributed by atoms with E-state index >= 15 is 0 Å². The molecule has 0 unspecified atom stereocenters. The van der Waals surface area contributed by atoms with E-state index in [2.05, 4.69) is 38.2 Å². The molecule has 2 rings (SSSR count). The molecule has 1 aromatic rings. The van der Waals surface area contributed by atoms with Crippen molar-refractivity contribution >= 4 is 0 Å². The average Bonchev–Trinajstić information content (AvgIpc) is 2.54. The fourth-order valence-corrected chi connectivity index (χ4v) is 2.67. The van der Waals surface area contributed by atoms with Crippen molar-refractivity contribution in [2.24, 2.45) is 0 Å². The fraction of sp³-hybridized carbons (Fsp3) is 0.538. The Labute approximate surface area is 86.5 Å². The number of aryl methyl sites for hydroxylation is 3. The molecule has 1 heteroatoms. The van der Waals surface area contributed by atoms with Crippen molar-refractivity contribution in [2.45, 2.75) is 39.7 Å². The predicted octanol–water partition coefficient (Wildman–Crippen LogP) is 3.04. The largest absolute Gasteiger partial charge is 0.310 e. The zero-order valence-electron chi connectivity index (χ0n) is 9.35. The molecule has 1 nitrogen and oxygen atoms in total. The van der Waals surface area contributed by atoms with Crippen LogP contribution in [0.4, 0.5) is 0 Å². The Hall–Kier alpha value is -0.820. The molecule has 0 amide bonds. The van der Waals surface area contributed by atoms with Gasteiger partial charge in [-0.15, -0.1) is 0 Å². The van der Waals surface area contributed by atoms with Gasteiger partial charge in [-0.1, -0.05) is 17.7 Å². The van der Waals surface area contributed by atoms with E-state index in [1.54, 1.807) is 0 Å². The van der Waals surface area contributed by atoms with Gasteiger partial charge in [0.1, 0.15) is 0 Å². The van der Waals surface area contributed by atoms with Crippen molar-refractivity contribution in [3.05, 3.63) is 34.4 Å². The van der Waals surface area contributed by atoms with Crippen LogP contribution in [0.5, 0.6) is 0 Å². The highest BCUT2D eigenvalue weighted by atomic mass is 14.9. The topological polar surface area (TPSA) is 12.0 Å². The Balaban J connectivity index is 2.40. The molecule has 1 atom stereocenters. The zero-order chi connectivity index (χ0) is 10.1. The minimum absolute atomic E-state index is 0.607. The van der Waals surface area contributed by atoms with Gasteiger partial charge in [0.15, 0.2) is 0 Å². The quantitative estimate of drug-likeness (QED) is 0.716. The summed E-state index contributed by atoms with van der Waals surface area (Å²) in [5.74, 6) is 0. The first-order chi connectivity index (χ1) is 6.68. The van der Waals surface area contributed by atoms with Crippen molar-refractivity contribution in [3.63, 3.8) is 0 Å². The third-order valence-corrected chi connectivity index (χ3v) is 3.15. The van der Waals surface area contributed by atoms with E-state index in [0.717, 1.165) is 0 Å². The lowest BCUT2D eigenvalue weighted by Gasteiger charge is -2.17. The van der Waals surface area contributed by atoms with E-state index in [9.17, 15) is 0 Å². The molecule has 1 aliphatic heterocycles. The summed E-state index contributed by atoms with van der Waals surface area (Å²) in [6.45, 7) is 7.81. The lowest BCUT2D eigenvalue weighted by molar-refractivity contribution is 0.639. The van der Waals surface area contributed by atoms with Gasteiger partial charge in [-0.2, -0.15) is 0 Å². The first-order valence-electron chi connectivity index (χ1n) is 5.49. The molecule has 0 aliphatic carbocycles. The molecule has 0 bridgehead atoms. The van der Waals surface area contributed by atoms with Crippen LogP contribution >= 0.6 is 0 Å². The number of rotatable bonds is 1. The smallest absolute Gasteiger partial charge is 0.0325 e. The number of hydrogen-bond donors (Lipinski definition) is 1. The molecular formula is C13H19N. The van der Waals surface area contributed by atoms with E-state index in [0.29, 0.717) is 6.04 Å². The molecule has 76 valence electrons. The average molecular weight is 189 g/mol. The monoisotopic (exact) mass is 189 g/mol. The van der Waals surface area contributed by atoms with Crippen LogP contribution in [-0.4, -0.2) is 6.54 Å². The Kier molecular flexibility index (Phi) is 2.60. The summed E-state index contributed by atoms with van der Waals surface area (Å²) in [7, 11) is 0. The van der Waals surface area contributed by atoms with Crippen molar-refractivity contribution in [1.29, 1.82) is 0 Å². The van der Waals surface area contributed by atoms with Gasteiger partial charge >= 0.3 is 0 Å². The highest BCUT2D eigenvalue weighted by Crippen LogP contribution is 2.29. The Morgan fingerprint density at radius 1 is 1.14 bits per heavy atom. The van der Waals surface area contributed by atoms with Crippen LogP contribution in [-0.2, 0) is 0 Å². The lowest BCUT2D eigenvalue weighted by Crippen LogP contribution is -2.15. The highest BCUT2D eigenvalue weighted by molar-refractivity contribution is 5.39. The lowest BCUT2D eigenvalue weighted by atomic mass is 9.93. The van der Waals surface area contributed by atoms with Crippen LogP contribution in [0.2, 0.25) is 0 Å². The summed E-state index contributed by atoms with van der Waals surface area (Å²) < 4.78 is 0. The molecule has 0 aromatic heterocycles. The minimum Gasteiger partial charge on any atom is -0.310 e. The molecule has 1 saturated heterocycles. The molecule has 0 radical (unpaired) electrons. The molecular weight excluding hydrogens is 170 g/mol. The van der Waals surface area contributed by atoms with Gasteiger partial charge in [0.2, 0.25) is 0 Å². The molecule has 14 heavy (non-hydrogen) atoms. The normalized spacial score (nSPS) is 21.5. The third kappa shape index (κ3) is 1.69. The zero-order valence-corrected chi connectivity index (χ0v) is 9.35. The van der Waals surface area contributed by atoms with Gasteiger partial charge in [-0.3, -0.25) is 0 Å². The van der Waals surface area contributed by atoms with Crippen LogP contribution in [0, 0.1) is 20.8 Å². The number of hydrogen-bond acceptors (Lipinski definition) is 1. The molecule has 0 saturated carbocycles. The second-order valence-corrected chi connectivity index (χ2v) is 4.46. The van der Waals surface area contributed by atoms with E-state index in [1.165, 1.54) is 41.6 Å². The molecule has 0 spiro atoms. The van der Waals surface area contributed by atoms with Crippen LogP contribution in [0.15, 0.2) is 12.1 Å². The minimum atomic E-state index is 0.607. The van der Waals surface area contributed by atoms with Gasteiger partial charge in [0.05, 0.1) is 0 Å². The van der Waals surface area contributed by atoms with E-state index < -0.39 is 0 Å². The summed E-state index contributed by atoms with van der Waals surface area (Å²) in [5, 5.41) is 3.57. The van der Waals surface area contributed by atoms with Crippen LogP contribution in [0.3, 0.4) is 0 Å². The Bertz CT molecular complexity index is 312. The van der Waals surface area contributed by atoms with Gasteiger partial charge in [-0.25, -0.2) is 0 Å². The summed E-state index contributed by atoms with van der Waals surface area (Å²) in [4.78, 5) is 0. The second-order valence-electron chi connectivity index (χ2n) is 4.46. The van der Waals surface area contributed by atoms with Gasteiger partial charge in [-0.05, 0) is 56.8 Å². The molecule has 1 N–H and O–H groups in total. The fourth-order valence-electron chi connectivity index (χ4n) is 2.67. The highest BCUT2D eigenvalue weighted by Gasteiger charge is 2.19. The number of nitrogens with one attached hydrogen (secondary N) is 1. The van der Waals surface area contributed by atoms with Gasteiger partial charge in [0.25, 0.3) is 0 Å². The van der Waals surface area contributed by atoms with E-state index in [1.807, 2.05) is 0 Å². The molecule has 1 fully saturated rings. The summed E-state index contributed by atoms with van der Waals surface area (Å²) in [6.07, 6.45) is 2.61. The van der Waals surface area contributed by atoms with Crippen molar-refractivity contribution in [2.75, 3.05) is 6.54 Å². The maximum atomic E-state index is 3.57. The third-order valence-electron chi connectivity index (χ3n) is 3.15. The van der Waals surface area contributed by atoms with Crippen LogP contribution in [0.1, 0.15) is 41.1 Å². The first-order valence-corrected chi connectivity index (χ1v) is 5.49. The standard InChI is InChI=1S/C13H19N/c1-9-7-10(2)13(11(3)8-9)12-5-4-6-14-12/h7-8,12,14H,4-6H2,1-3H3/t12-/m0/s1. The van der Waals surface area contributed by atoms with Gasteiger partial charge in [0, 0.05) is 6.04 Å². The molecule has 1 aromatic carbocycles. The Morgan fingerprint density at radius 2 is 1.79 bits per heavy atom. The Morgan fingerprint density at radius 3 is 2.29 bits per heavy atom. The van der Waals surface area contributed by atoms with Crippen LogP contribution in [0.25, 0.3) is 0 Å². The van der Waals surface area contributed by atoms with Crippen molar-refractivity contribution in [1.82, 2.24) is 5.32 Å². The maximum Gasteiger partial charge on any atom is 0.0325 e. The first kappa shape index (κ1) is 9.72. The maximum absolute atomic E-state index is 3.57. The van der Waals surface area contributed by atoms with Crippen molar-refractivity contribution < 1.29 is 0 Å². The van der Waals surface area contributed by atoms with E-state index in [4.69, 9.17) is 0 Å². The SMILES string of the molecule is Cc1cc(C)c([C@@H]2CCCN2)c(C)c1. The summed E-state index contributed by atoms with van der Waals surface area (Å²) in [5.41, 5.74) is 5.80. The molecule has 1 heterocycles. The van der Waals surface area contributed by atoms with Crippen LogP contribution < -0.4 is 5.32 Å². The number of benzene rings is 1. The van der Waals surface area contributed by atoms with E-state index in [-0.39, 0.29) is 0 Å². The second kappa shape index (κ2) is 3.74. The van der Waals surface area contributed by atoms with Gasteiger partial charge < -0.3 is 5.32 Å². The molecule has 1 aliphatic rings.